The Morgan fingerprint density at radius 1 is 1.24 bits per heavy atom. The number of rotatable bonds is 8. The standard InChI is InChI=1S/C14H23NO2/c1-12(15)13-7-6-8-14(11-13)17-10-5-3-2-4-9-16/h6-8,11-12,16H,2-5,9-10,15H2,1H3. The minimum Gasteiger partial charge on any atom is -0.494 e. The number of ether oxygens (including phenoxy) is 1. The maximum absolute atomic E-state index is 8.64. The molecule has 1 unspecified atom stereocenters. The van der Waals surface area contributed by atoms with Crippen LogP contribution in [0, 0.1) is 0 Å². The predicted molar refractivity (Wildman–Crippen MR) is 70.1 cm³/mol. The summed E-state index contributed by atoms with van der Waals surface area (Å²) in [6.07, 6.45) is 4.09. The Labute approximate surface area is 104 Å². The van der Waals surface area contributed by atoms with Gasteiger partial charge in [0, 0.05) is 12.6 Å². The lowest BCUT2D eigenvalue weighted by Gasteiger charge is -2.09. The Balaban J connectivity index is 2.24. The molecule has 17 heavy (non-hydrogen) atoms. The Kier molecular flexibility index (Phi) is 6.67. The van der Waals surface area contributed by atoms with Crippen LogP contribution in [0.1, 0.15) is 44.2 Å². The number of benzene rings is 1. The van der Waals surface area contributed by atoms with Gasteiger partial charge < -0.3 is 15.6 Å². The third kappa shape index (κ3) is 5.71. The van der Waals surface area contributed by atoms with E-state index < -0.39 is 0 Å². The van der Waals surface area contributed by atoms with Gasteiger partial charge in [0.25, 0.3) is 0 Å². The van der Waals surface area contributed by atoms with E-state index in [-0.39, 0.29) is 12.6 Å². The molecule has 3 nitrogen and oxygen atoms in total. The molecule has 0 aliphatic carbocycles. The van der Waals surface area contributed by atoms with Gasteiger partial charge in [-0.1, -0.05) is 18.6 Å². The van der Waals surface area contributed by atoms with Gasteiger partial charge in [-0.05, 0) is 43.9 Å². The van der Waals surface area contributed by atoms with Gasteiger partial charge in [-0.3, -0.25) is 0 Å². The lowest BCUT2D eigenvalue weighted by molar-refractivity contribution is 0.273. The molecule has 0 saturated heterocycles. The Hall–Kier alpha value is -1.06. The third-order valence-corrected chi connectivity index (χ3v) is 2.71. The second-order valence-electron chi connectivity index (χ2n) is 4.35. The van der Waals surface area contributed by atoms with Crippen LogP contribution in [0.5, 0.6) is 5.75 Å². The van der Waals surface area contributed by atoms with Gasteiger partial charge in [0.05, 0.1) is 6.61 Å². The second kappa shape index (κ2) is 8.09. The van der Waals surface area contributed by atoms with Gasteiger partial charge in [-0.2, -0.15) is 0 Å². The van der Waals surface area contributed by atoms with Crippen molar-refractivity contribution in [3.8, 4) is 5.75 Å². The zero-order valence-corrected chi connectivity index (χ0v) is 10.6. The fraction of sp³-hybridized carbons (Fsp3) is 0.571. The lowest BCUT2D eigenvalue weighted by Crippen LogP contribution is -2.05. The van der Waals surface area contributed by atoms with Gasteiger partial charge in [0.1, 0.15) is 5.75 Å². The Bertz CT molecular complexity index is 313. The smallest absolute Gasteiger partial charge is 0.119 e. The molecule has 0 radical (unpaired) electrons. The molecule has 0 aromatic heterocycles. The van der Waals surface area contributed by atoms with Crippen LogP contribution in [0.3, 0.4) is 0 Å². The van der Waals surface area contributed by atoms with E-state index in [1.54, 1.807) is 0 Å². The Morgan fingerprint density at radius 3 is 2.71 bits per heavy atom. The number of unbranched alkanes of at least 4 members (excludes halogenated alkanes) is 3. The van der Waals surface area contributed by atoms with Crippen molar-refractivity contribution in [2.24, 2.45) is 5.73 Å². The summed E-state index contributed by atoms with van der Waals surface area (Å²) in [7, 11) is 0. The normalized spacial score (nSPS) is 12.4. The molecule has 1 aromatic rings. The molecule has 0 fully saturated rings. The summed E-state index contributed by atoms with van der Waals surface area (Å²) >= 11 is 0. The van der Waals surface area contributed by atoms with Crippen molar-refractivity contribution in [3.05, 3.63) is 29.8 Å². The first-order chi connectivity index (χ1) is 8.24. The fourth-order valence-corrected chi connectivity index (χ4v) is 1.64. The first-order valence-electron chi connectivity index (χ1n) is 6.33. The van der Waals surface area contributed by atoms with Gasteiger partial charge in [0.15, 0.2) is 0 Å². The van der Waals surface area contributed by atoms with Gasteiger partial charge in [-0.15, -0.1) is 0 Å². The van der Waals surface area contributed by atoms with Crippen molar-refractivity contribution < 1.29 is 9.84 Å². The number of aliphatic hydroxyl groups is 1. The lowest BCUT2D eigenvalue weighted by atomic mass is 10.1. The molecule has 0 aliphatic heterocycles. The zero-order valence-electron chi connectivity index (χ0n) is 10.6. The van der Waals surface area contributed by atoms with Crippen LogP contribution in [-0.4, -0.2) is 18.3 Å². The largest absolute Gasteiger partial charge is 0.494 e. The average molecular weight is 237 g/mol. The van der Waals surface area contributed by atoms with E-state index in [2.05, 4.69) is 0 Å². The van der Waals surface area contributed by atoms with Crippen LogP contribution in [0.4, 0.5) is 0 Å². The molecule has 0 amide bonds. The van der Waals surface area contributed by atoms with Crippen molar-refractivity contribution in [3.63, 3.8) is 0 Å². The quantitative estimate of drug-likeness (QED) is 0.683. The molecule has 1 rings (SSSR count). The maximum atomic E-state index is 8.64. The van der Waals surface area contributed by atoms with Crippen molar-refractivity contribution in [1.82, 2.24) is 0 Å². The van der Waals surface area contributed by atoms with Crippen molar-refractivity contribution in [1.29, 1.82) is 0 Å². The molecule has 0 bridgehead atoms. The highest BCUT2D eigenvalue weighted by Gasteiger charge is 2.00. The highest BCUT2D eigenvalue weighted by Crippen LogP contribution is 2.17. The SMILES string of the molecule is CC(N)c1cccc(OCCCCCCO)c1. The molecular formula is C14H23NO2. The summed E-state index contributed by atoms with van der Waals surface area (Å²) in [4.78, 5) is 0. The summed E-state index contributed by atoms with van der Waals surface area (Å²) < 4.78 is 5.66. The summed E-state index contributed by atoms with van der Waals surface area (Å²) in [5.41, 5.74) is 6.91. The maximum Gasteiger partial charge on any atom is 0.119 e. The van der Waals surface area contributed by atoms with Crippen LogP contribution in [0.15, 0.2) is 24.3 Å². The average Bonchev–Trinajstić information content (AvgIpc) is 2.34. The molecular weight excluding hydrogens is 214 g/mol. The van der Waals surface area contributed by atoms with E-state index in [9.17, 15) is 0 Å². The number of aliphatic hydroxyl groups excluding tert-OH is 1. The zero-order chi connectivity index (χ0) is 12.5. The summed E-state index contributed by atoms with van der Waals surface area (Å²) in [5, 5.41) is 8.64. The number of hydrogen-bond acceptors (Lipinski definition) is 3. The molecule has 96 valence electrons. The van der Waals surface area contributed by atoms with Crippen LogP contribution < -0.4 is 10.5 Å². The Morgan fingerprint density at radius 2 is 2.00 bits per heavy atom. The highest BCUT2D eigenvalue weighted by molar-refractivity contribution is 5.30. The summed E-state index contributed by atoms with van der Waals surface area (Å²) in [5.74, 6) is 0.891. The molecule has 1 aromatic carbocycles. The van der Waals surface area contributed by atoms with Gasteiger partial charge in [0.2, 0.25) is 0 Å². The van der Waals surface area contributed by atoms with E-state index in [1.165, 1.54) is 0 Å². The van der Waals surface area contributed by atoms with Crippen LogP contribution in [-0.2, 0) is 0 Å². The third-order valence-electron chi connectivity index (χ3n) is 2.71. The summed E-state index contributed by atoms with van der Waals surface area (Å²) in [6, 6.07) is 7.99. The minimum absolute atomic E-state index is 0.0445. The van der Waals surface area contributed by atoms with E-state index in [0.717, 1.165) is 43.6 Å². The van der Waals surface area contributed by atoms with Crippen molar-refractivity contribution >= 4 is 0 Å². The van der Waals surface area contributed by atoms with Crippen molar-refractivity contribution in [2.75, 3.05) is 13.2 Å². The molecule has 1 atom stereocenters. The summed E-state index contributed by atoms with van der Waals surface area (Å²) in [6.45, 7) is 2.99. The first kappa shape index (κ1) is 14.0. The molecule has 3 N–H and O–H groups in total. The van der Waals surface area contributed by atoms with E-state index in [4.69, 9.17) is 15.6 Å². The van der Waals surface area contributed by atoms with Crippen LogP contribution in [0.2, 0.25) is 0 Å². The molecule has 0 heterocycles. The number of hydrogen-bond donors (Lipinski definition) is 2. The van der Waals surface area contributed by atoms with Crippen LogP contribution in [0.25, 0.3) is 0 Å². The molecule has 0 saturated carbocycles. The van der Waals surface area contributed by atoms with Crippen molar-refractivity contribution in [2.45, 2.75) is 38.6 Å². The van der Waals surface area contributed by atoms with E-state index in [1.807, 2.05) is 31.2 Å². The first-order valence-corrected chi connectivity index (χ1v) is 6.33. The van der Waals surface area contributed by atoms with Crippen LogP contribution >= 0.6 is 0 Å². The molecule has 0 aliphatic rings. The van der Waals surface area contributed by atoms with Gasteiger partial charge >= 0.3 is 0 Å². The van der Waals surface area contributed by atoms with Gasteiger partial charge in [-0.25, -0.2) is 0 Å². The monoisotopic (exact) mass is 237 g/mol. The molecule has 0 spiro atoms. The second-order valence-corrected chi connectivity index (χ2v) is 4.35. The minimum atomic E-state index is 0.0445. The molecule has 3 heteroatoms. The number of nitrogens with two attached hydrogens (primary N) is 1. The topological polar surface area (TPSA) is 55.5 Å². The highest BCUT2D eigenvalue weighted by atomic mass is 16.5. The fourth-order valence-electron chi connectivity index (χ4n) is 1.64. The predicted octanol–water partition coefficient (Wildman–Crippen LogP) is 2.64. The van der Waals surface area contributed by atoms with E-state index >= 15 is 0 Å². The van der Waals surface area contributed by atoms with E-state index in [0.29, 0.717) is 0 Å².